The van der Waals surface area contributed by atoms with Gasteiger partial charge in [-0.3, -0.25) is 0 Å². The van der Waals surface area contributed by atoms with Gasteiger partial charge < -0.3 is 14.3 Å². The summed E-state index contributed by atoms with van der Waals surface area (Å²) in [6.45, 7) is 11.2. The number of aliphatic hydroxyl groups excluding tert-OH is 1. The maximum atomic E-state index is 9.44. The van der Waals surface area contributed by atoms with E-state index in [0.29, 0.717) is 13.0 Å². The van der Waals surface area contributed by atoms with Crippen LogP contribution in [0.15, 0.2) is 5.11 Å². The van der Waals surface area contributed by atoms with Crippen LogP contribution in [0, 0.1) is 0 Å². The Morgan fingerprint density at radius 1 is 1.50 bits per heavy atom. The minimum Gasteiger partial charge on any atom is -0.414 e. The van der Waals surface area contributed by atoms with Gasteiger partial charge in [0.2, 0.25) is 0 Å². The Hall–Kier alpha value is -0.593. The summed E-state index contributed by atoms with van der Waals surface area (Å²) >= 11 is 0. The van der Waals surface area contributed by atoms with Crippen LogP contribution in [0.2, 0.25) is 18.1 Å². The van der Waals surface area contributed by atoms with Gasteiger partial charge in [0.25, 0.3) is 0 Å². The lowest BCUT2D eigenvalue weighted by atomic mass is 10.1. The zero-order chi connectivity index (χ0) is 14.0. The summed E-state index contributed by atoms with van der Waals surface area (Å²) in [7, 11) is -1.84. The van der Waals surface area contributed by atoms with Gasteiger partial charge in [-0.25, -0.2) is 0 Å². The molecule has 1 saturated heterocycles. The van der Waals surface area contributed by atoms with Crippen LogP contribution >= 0.6 is 0 Å². The maximum Gasteiger partial charge on any atom is 0.192 e. The highest BCUT2D eigenvalue weighted by Gasteiger charge is 2.40. The third-order valence-electron chi connectivity index (χ3n) is 3.82. The topological polar surface area (TPSA) is 87.5 Å². The number of hydrogen-bond acceptors (Lipinski definition) is 4. The summed E-state index contributed by atoms with van der Waals surface area (Å²) < 4.78 is 11.3. The van der Waals surface area contributed by atoms with E-state index in [-0.39, 0.29) is 17.2 Å². The number of rotatable bonds is 4. The number of azide groups is 1. The van der Waals surface area contributed by atoms with Gasteiger partial charge in [0.05, 0.1) is 18.8 Å². The first-order valence-electron chi connectivity index (χ1n) is 6.19. The molecule has 1 N–H and O–H groups in total. The highest BCUT2D eigenvalue weighted by molar-refractivity contribution is 6.74. The van der Waals surface area contributed by atoms with Crippen molar-refractivity contribution in [3.05, 3.63) is 10.4 Å². The van der Waals surface area contributed by atoms with Gasteiger partial charge in [-0.15, -0.1) is 0 Å². The van der Waals surface area contributed by atoms with Gasteiger partial charge in [0.1, 0.15) is 0 Å². The predicted octanol–water partition coefficient (Wildman–Crippen LogP) is 2.79. The number of nitrogens with zero attached hydrogens (tertiary/aromatic N) is 3. The molecule has 0 saturated carbocycles. The fourth-order valence-corrected chi connectivity index (χ4v) is 2.57. The molecule has 104 valence electrons. The first-order chi connectivity index (χ1) is 8.17. The second kappa shape index (κ2) is 5.58. The average molecular weight is 273 g/mol. The lowest BCUT2D eigenvalue weighted by molar-refractivity contribution is -0.100. The van der Waals surface area contributed by atoms with Gasteiger partial charge in [0, 0.05) is 11.3 Å². The molecule has 18 heavy (non-hydrogen) atoms. The molecule has 0 aliphatic carbocycles. The number of aliphatic hydroxyl groups is 1. The summed E-state index contributed by atoms with van der Waals surface area (Å²) in [4.78, 5) is 2.79. The summed E-state index contributed by atoms with van der Waals surface area (Å²) in [5.41, 5.74) is 8.48. The van der Waals surface area contributed by atoms with E-state index in [1.807, 2.05) is 0 Å². The average Bonchev–Trinajstić information content (AvgIpc) is 2.55. The van der Waals surface area contributed by atoms with Crippen molar-refractivity contribution in [3.8, 4) is 0 Å². The van der Waals surface area contributed by atoms with E-state index in [4.69, 9.17) is 14.7 Å². The molecule has 0 spiro atoms. The normalized spacial score (nSPS) is 29.1. The predicted molar refractivity (Wildman–Crippen MR) is 71.6 cm³/mol. The zero-order valence-corrected chi connectivity index (χ0v) is 12.8. The molecule has 0 aromatic rings. The van der Waals surface area contributed by atoms with Gasteiger partial charge in [0.15, 0.2) is 14.6 Å². The van der Waals surface area contributed by atoms with Crippen LogP contribution in [0.25, 0.3) is 10.4 Å². The molecular formula is C11H23N3O3Si. The van der Waals surface area contributed by atoms with Crippen molar-refractivity contribution in [2.45, 2.75) is 63.8 Å². The van der Waals surface area contributed by atoms with Gasteiger partial charge in [-0.1, -0.05) is 25.9 Å². The fraction of sp³-hybridized carbons (Fsp3) is 1.00. The van der Waals surface area contributed by atoms with Gasteiger partial charge >= 0.3 is 0 Å². The van der Waals surface area contributed by atoms with Crippen LogP contribution in [0.5, 0.6) is 0 Å². The van der Waals surface area contributed by atoms with Crippen molar-refractivity contribution in [3.63, 3.8) is 0 Å². The smallest absolute Gasteiger partial charge is 0.192 e. The second-order valence-electron chi connectivity index (χ2n) is 6.21. The lowest BCUT2D eigenvalue weighted by Crippen LogP contribution is -2.43. The summed E-state index contributed by atoms with van der Waals surface area (Å²) in [5.74, 6) is 0. The molecular weight excluding hydrogens is 250 g/mol. The van der Waals surface area contributed by atoms with E-state index < -0.39 is 14.6 Å². The number of hydrogen-bond donors (Lipinski definition) is 1. The van der Waals surface area contributed by atoms with Crippen molar-refractivity contribution >= 4 is 8.32 Å². The Morgan fingerprint density at radius 3 is 2.61 bits per heavy atom. The summed E-state index contributed by atoms with van der Waals surface area (Å²) in [5, 5.41) is 13.2. The van der Waals surface area contributed by atoms with E-state index in [1.54, 1.807) is 0 Å². The molecule has 3 atom stereocenters. The van der Waals surface area contributed by atoms with E-state index in [9.17, 15) is 5.11 Å². The SMILES string of the molecule is CC(C)(C)[Si](C)(C)OC[C@H]1OC(O)C[C@@H]1N=[N+]=[N-]. The molecule has 1 fully saturated rings. The molecule has 0 aromatic heterocycles. The second-order valence-corrected chi connectivity index (χ2v) is 11.0. The Labute approximate surface area is 109 Å². The van der Waals surface area contributed by atoms with Crippen LogP contribution in [0.3, 0.4) is 0 Å². The van der Waals surface area contributed by atoms with E-state index in [2.05, 4.69) is 43.9 Å². The van der Waals surface area contributed by atoms with Gasteiger partial charge in [-0.2, -0.15) is 0 Å². The van der Waals surface area contributed by atoms with E-state index >= 15 is 0 Å². The highest BCUT2D eigenvalue weighted by atomic mass is 28.4. The molecule has 0 amide bonds. The quantitative estimate of drug-likeness (QED) is 0.370. The Bertz CT molecular complexity index is 337. The van der Waals surface area contributed by atoms with Crippen molar-refractivity contribution < 1.29 is 14.3 Å². The lowest BCUT2D eigenvalue weighted by Gasteiger charge is -2.37. The van der Waals surface area contributed by atoms with Crippen LogP contribution in [-0.4, -0.2) is 38.5 Å². The molecule has 6 nitrogen and oxygen atoms in total. The monoisotopic (exact) mass is 273 g/mol. The largest absolute Gasteiger partial charge is 0.414 e. The third kappa shape index (κ3) is 3.70. The first-order valence-corrected chi connectivity index (χ1v) is 9.10. The molecule has 1 rings (SSSR count). The van der Waals surface area contributed by atoms with Crippen molar-refractivity contribution in [2.75, 3.05) is 6.61 Å². The Morgan fingerprint density at radius 2 is 2.11 bits per heavy atom. The van der Waals surface area contributed by atoms with Crippen LogP contribution < -0.4 is 0 Å². The fourth-order valence-electron chi connectivity index (χ4n) is 1.55. The standard InChI is InChI=1S/C11H23N3O3Si/c1-11(2,3)18(4,5)16-7-9-8(13-14-12)6-10(15)17-9/h8-10,15H,6-7H2,1-5H3/t8-,9+,10?/m0/s1. The summed E-state index contributed by atoms with van der Waals surface area (Å²) in [6, 6.07) is -0.338. The minimum atomic E-state index is -1.84. The van der Waals surface area contributed by atoms with E-state index in [0.717, 1.165) is 0 Å². The molecule has 1 heterocycles. The number of ether oxygens (including phenoxy) is 1. The van der Waals surface area contributed by atoms with E-state index in [1.165, 1.54) is 0 Å². The molecule has 1 aliphatic rings. The maximum absolute atomic E-state index is 9.44. The third-order valence-corrected chi connectivity index (χ3v) is 8.32. The minimum absolute atomic E-state index is 0.123. The van der Waals surface area contributed by atoms with Crippen molar-refractivity contribution in [1.29, 1.82) is 0 Å². The molecule has 0 bridgehead atoms. The van der Waals surface area contributed by atoms with Crippen LogP contribution in [0.4, 0.5) is 0 Å². The van der Waals surface area contributed by atoms with Crippen LogP contribution in [0.1, 0.15) is 27.2 Å². The molecule has 7 heteroatoms. The molecule has 1 aliphatic heterocycles. The molecule has 0 aromatic carbocycles. The molecule has 0 radical (unpaired) electrons. The first kappa shape index (κ1) is 15.5. The molecule has 1 unspecified atom stereocenters. The van der Waals surface area contributed by atoms with Crippen molar-refractivity contribution in [2.24, 2.45) is 5.11 Å². The van der Waals surface area contributed by atoms with Crippen molar-refractivity contribution in [1.82, 2.24) is 0 Å². The van der Waals surface area contributed by atoms with Crippen LogP contribution in [-0.2, 0) is 9.16 Å². The highest BCUT2D eigenvalue weighted by Crippen LogP contribution is 2.37. The Balaban J connectivity index is 2.60. The van der Waals surface area contributed by atoms with Gasteiger partial charge in [-0.05, 0) is 23.7 Å². The Kier molecular flexibility index (Phi) is 4.80. The zero-order valence-electron chi connectivity index (χ0n) is 11.8. The summed E-state index contributed by atoms with van der Waals surface area (Å²) in [6.07, 6.45) is -0.853.